The zero-order chi connectivity index (χ0) is 20.9. The minimum Gasteiger partial charge on any atom is -0.312 e. The van der Waals surface area contributed by atoms with E-state index in [9.17, 15) is 13.2 Å². The van der Waals surface area contributed by atoms with Crippen LogP contribution in [-0.4, -0.2) is 25.9 Å². The Balaban J connectivity index is 1.40. The van der Waals surface area contributed by atoms with Gasteiger partial charge in [0.05, 0.1) is 4.90 Å². The first-order chi connectivity index (χ1) is 14.4. The van der Waals surface area contributed by atoms with Crippen molar-refractivity contribution in [2.75, 3.05) is 11.4 Å². The highest BCUT2D eigenvalue weighted by atomic mass is 32.2. The molecule has 0 saturated carbocycles. The summed E-state index contributed by atoms with van der Waals surface area (Å²) in [6.45, 7) is 0.565. The van der Waals surface area contributed by atoms with E-state index in [1.807, 2.05) is 18.3 Å². The number of rotatable bonds is 3. The third-order valence-corrected chi connectivity index (χ3v) is 6.94. The predicted octanol–water partition coefficient (Wildman–Crippen LogP) is 2.70. The molecule has 0 bridgehead atoms. The van der Waals surface area contributed by atoms with Gasteiger partial charge in [-0.05, 0) is 65.3 Å². The molecule has 2 heterocycles. The van der Waals surface area contributed by atoms with Gasteiger partial charge in [-0.15, -0.1) is 0 Å². The number of amides is 1. The number of primary sulfonamides is 1. The van der Waals surface area contributed by atoms with Crippen LogP contribution < -0.4 is 10.0 Å². The number of nitrogens with zero attached hydrogens (tertiary/aromatic N) is 2. The molecule has 2 aromatic carbocycles. The summed E-state index contributed by atoms with van der Waals surface area (Å²) in [7, 11) is -3.81. The Hall–Kier alpha value is -3.03. The van der Waals surface area contributed by atoms with Gasteiger partial charge in [0.2, 0.25) is 15.9 Å². The van der Waals surface area contributed by atoms with E-state index in [1.54, 1.807) is 17.2 Å². The lowest BCUT2D eigenvalue weighted by Gasteiger charge is -2.21. The lowest BCUT2D eigenvalue weighted by atomic mass is 10.0. The minimum absolute atomic E-state index is 0.0387. The molecule has 1 aliphatic carbocycles. The molecule has 1 aliphatic heterocycles. The van der Waals surface area contributed by atoms with E-state index in [2.05, 4.69) is 23.2 Å². The first-order valence-corrected chi connectivity index (χ1v) is 11.4. The molecule has 1 aromatic heterocycles. The fourth-order valence-electron chi connectivity index (χ4n) is 4.49. The maximum absolute atomic E-state index is 13.3. The molecule has 1 amide bonds. The van der Waals surface area contributed by atoms with E-state index < -0.39 is 10.0 Å². The Kier molecular flexibility index (Phi) is 4.45. The van der Waals surface area contributed by atoms with Gasteiger partial charge in [0.25, 0.3) is 0 Å². The summed E-state index contributed by atoms with van der Waals surface area (Å²) in [6.07, 6.45) is 5.69. The van der Waals surface area contributed by atoms with Crippen molar-refractivity contribution in [1.29, 1.82) is 0 Å². The van der Waals surface area contributed by atoms with Crippen LogP contribution in [0.3, 0.4) is 0 Å². The molecule has 5 rings (SSSR count). The molecule has 0 spiro atoms. The monoisotopic (exact) mass is 419 g/mol. The number of hydrogen-bond donors (Lipinski definition) is 1. The zero-order valence-electron chi connectivity index (χ0n) is 16.3. The maximum atomic E-state index is 13.3. The highest BCUT2D eigenvalue weighted by molar-refractivity contribution is 7.89. The zero-order valence-corrected chi connectivity index (χ0v) is 17.1. The summed E-state index contributed by atoms with van der Waals surface area (Å²) >= 11 is 0. The van der Waals surface area contributed by atoms with Gasteiger partial charge >= 0.3 is 0 Å². The quantitative estimate of drug-likeness (QED) is 0.706. The third kappa shape index (κ3) is 3.30. The molecule has 2 aliphatic rings. The molecule has 2 N–H and O–H groups in total. The molecule has 1 atom stereocenters. The molecule has 6 nitrogen and oxygen atoms in total. The third-order valence-electron chi connectivity index (χ3n) is 6.03. The standard InChI is InChI=1S/C23H21N3O3S/c24-30(28,29)21-6-5-15-7-9-26(22(15)13-21)23(27)20-11-17-4-3-16(10-19(17)12-20)18-2-1-8-25-14-18/h1-6,8,10,13-14,20H,7,9,11-12H2,(H2,24,28,29). The average molecular weight is 420 g/mol. The Morgan fingerprint density at radius 1 is 1.00 bits per heavy atom. The van der Waals surface area contributed by atoms with E-state index in [0.29, 0.717) is 25.1 Å². The lowest BCUT2D eigenvalue weighted by Crippen LogP contribution is -2.35. The predicted molar refractivity (Wildman–Crippen MR) is 114 cm³/mol. The molecule has 1 unspecified atom stereocenters. The van der Waals surface area contributed by atoms with Crippen molar-refractivity contribution in [2.45, 2.75) is 24.2 Å². The van der Waals surface area contributed by atoms with Gasteiger partial charge in [-0.25, -0.2) is 13.6 Å². The van der Waals surface area contributed by atoms with Crippen molar-refractivity contribution in [2.24, 2.45) is 11.1 Å². The van der Waals surface area contributed by atoms with Crippen LogP contribution in [0.1, 0.15) is 16.7 Å². The molecular formula is C23H21N3O3S. The summed E-state index contributed by atoms with van der Waals surface area (Å²) in [4.78, 5) is 19.3. The van der Waals surface area contributed by atoms with Crippen LogP contribution >= 0.6 is 0 Å². The Morgan fingerprint density at radius 2 is 1.80 bits per heavy atom. The van der Waals surface area contributed by atoms with E-state index in [0.717, 1.165) is 23.1 Å². The van der Waals surface area contributed by atoms with Crippen LogP contribution in [0.5, 0.6) is 0 Å². The summed E-state index contributed by atoms with van der Waals surface area (Å²) in [5, 5.41) is 5.28. The normalized spacial score (nSPS) is 17.6. The van der Waals surface area contributed by atoms with Crippen molar-refractivity contribution in [3.05, 3.63) is 77.6 Å². The summed E-state index contributed by atoms with van der Waals surface area (Å²) < 4.78 is 23.5. The van der Waals surface area contributed by atoms with Crippen molar-refractivity contribution < 1.29 is 13.2 Å². The van der Waals surface area contributed by atoms with Crippen LogP contribution in [0.15, 0.2) is 65.8 Å². The number of nitrogens with two attached hydrogens (primary N) is 1. The lowest BCUT2D eigenvalue weighted by molar-refractivity contribution is -0.122. The number of pyridine rings is 1. The van der Waals surface area contributed by atoms with Gasteiger partial charge in [-0.1, -0.05) is 30.3 Å². The fraction of sp³-hybridized carbons (Fsp3) is 0.217. The van der Waals surface area contributed by atoms with E-state index in [4.69, 9.17) is 5.14 Å². The van der Waals surface area contributed by atoms with Gasteiger partial charge < -0.3 is 4.90 Å². The van der Waals surface area contributed by atoms with Gasteiger partial charge in [-0.2, -0.15) is 0 Å². The molecule has 152 valence electrons. The van der Waals surface area contributed by atoms with Gasteiger partial charge in [0.1, 0.15) is 0 Å². The summed E-state index contributed by atoms with van der Waals surface area (Å²) in [6, 6.07) is 15.1. The molecule has 30 heavy (non-hydrogen) atoms. The molecule has 0 radical (unpaired) electrons. The maximum Gasteiger partial charge on any atom is 0.238 e. The molecular weight excluding hydrogens is 398 g/mol. The molecule has 7 heteroatoms. The van der Waals surface area contributed by atoms with E-state index in [1.165, 1.54) is 23.3 Å². The van der Waals surface area contributed by atoms with Crippen molar-refractivity contribution in [3.8, 4) is 11.1 Å². The van der Waals surface area contributed by atoms with Gasteiger partial charge in [0.15, 0.2) is 0 Å². The number of fused-ring (bicyclic) bond motifs is 2. The van der Waals surface area contributed by atoms with Crippen molar-refractivity contribution in [3.63, 3.8) is 0 Å². The highest BCUT2D eigenvalue weighted by Gasteiger charge is 2.34. The van der Waals surface area contributed by atoms with Gasteiger partial charge in [0, 0.05) is 30.5 Å². The van der Waals surface area contributed by atoms with Gasteiger partial charge in [-0.3, -0.25) is 9.78 Å². The SMILES string of the molecule is NS(=O)(=O)c1ccc2c(c1)N(C(=O)C1Cc3ccc(-c4cccnc4)cc3C1)CC2. The summed E-state index contributed by atoms with van der Waals surface area (Å²) in [5.74, 6) is -0.104. The van der Waals surface area contributed by atoms with Crippen LogP contribution in [0, 0.1) is 5.92 Å². The van der Waals surface area contributed by atoms with E-state index >= 15 is 0 Å². The first-order valence-electron chi connectivity index (χ1n) is 9.89. The molecule has 3 aromatic rings. The number of sulfonamides is 1. The highest BCUT2D eigenvalue weighted by Crippen LogP contribution is 2.36. The number of carbonyl (C=O) groups excluding carboxylic acids is 1. The summed E-state index contributed by atoms with van der Waals surface area (Å²) in [5.41, 5.74) is 6.17. The smallest absolute Gasteiger partial charge is 0.238 e. The minimum atomic E-state index is -3.81. The first kappa shape index (κ1) is 19.0. The second-order valence-corrected chi connectivity index (χ2v) is 9.47. The number of anilines is 1. The van der Waals surface area contributed by atoms with Crippen LogP contribution in [0.25, 0.3) is 11.1 Å². The largest absolute Gasteiger partial charge is 0.312 e. The molecule has 0 fully saturated rings. The molecule has 0 saturated heterocycles. The van der Waals surface area contributed by atoms with Crippen LogP contribution in [0.2, 0.25) is 0 Å². The Bertz CT molecular complexity index is 1260. The number of aromatic nitrogens is 1. The number of carbonyl (C=O) groups is 1. The van der Waals surface area contributed by atoms with Crippen LogP contribution in [-0.2, 0) is 34.1 Å². The Morgan fingerprint density at radius 3 is 2.57 bits per heavy atom. The van der Waals surface area contributed by atoms with E-state index in [-0.39, 0.29) is 16.7 Å². The number of benzene rings is 2. The average Bonchev–Trinajstić information content (AvgIpc) is 3.36. The van der Waals surface area contributed by atoms with Crippen molar-refractivity contribution in [1.82, 2.24) is 4.98 Å². The van der Waals surface area contributed by atoms with Crippen LogP contribution in [0.4, 0.5) is 5.69 Å². The number of hydrogen-bond acceptors (Lipinski definition) is 4. The van der Waals surface area contributed by atoms with Crippen molar-refractivity contribution >= 4 is 21.6 Å². The topological polar surface area (TPSA) is 93.4 Å². The second-order valence-electron chi connectivity index (χ2n) is 7.91. The Labute approximate surface area is 175 Å². The fourth-order valence-corrected chi connectivity index (χ4v) is 5.02. The second kappa shape index (κ2) is 7.04.